The average molecular weight is 763 g/mol. The topological polar surface area (TPSA) is 121 Å². The van der Waals surface area contributed by atoms with Gasteiger partial charge in [-0.05, 0) is 116 Å². The molecule has 9 nitrogen and oxygen atoms in total. The average Bonchev–Trinajstić information content (AvgIpc) is 3.14. The Kier molecular flexibility index (Phi) is 14.6. The molecule has 5 rings (SSSR count). The van der Waals surface area contributed by atoms with E-state index in [0.29, 0.717) is 26.2 Å². The number of allylic oxidation sites excluding steroid dienone is 5. The predicted octanol–water partition coefficient (Wildman–Crippen LogP) is 4.32. The number of hydrogen-bond donors (Lipinski definition) is 1. The summed E-state index contributed by atoms with van der Waals surface area (Å²) in [6.45, 7) is 12.5. The normalized spacial score (nSPS) is 12.7. The van der Waals surface area contributed by atoms with E-state index < -0.39 is 20.2 Å². The van der Waals surface area contributed by atoms with Gasteiger partial charge in [-0.25, -0.2) is 13.0 Å². The summed E-state index contributed by atoms with van der Waals surface area (Å²) in [5.74, 6) is 0. The van der Waals surface area contributed by atoms with Crippen molar-refractivity contribution in [1.29, 1.82) is 0 Å². The SMILES string of the molecule is CCN(CC)c1ccc(C(=C2C=CC(=[N+](CC)Cc3cccc(S(=O)(=O)O)c3)C=C2)c2ccc(N(CC)Cc3cccc(S(=O)(=O)[O-])c3)cc2)cc1.[Na+]. The van der Waals surface area contributed by atoms with E-state index in [4.69, 9.17) is 0 Å². The van der Waals surface area contributed by atoms with Crippen molar-refractivity contribution in [2.24, 2.45) is 0 Å². The Morgan fingerprint density at radius 2 is 1.15 bits per heavy atom. The summed E-state index contributed by atoms with van der Waals surface area (Å²) in [5.41, 5.74) is 8.77. The van der Waals surface area contributed by atoms with Gasteiger partial charge < -0.3 is 14.4 Å². The van der Waals surface area contributed by atoms with Crippen molar-refractivity contribution < 1.29 is 60.1 Å². The molecular formula is C41H45N3NaO6S2+. The second-order valence-corrected chi connectivity index (χ2v) is 15.2. The Balaban J connectivity index is 0.00000627. The van der Waals surface area contributed by atoms with Crippen LogP contribution in [0.1, 0.15) is 49.9 Å². The van der Waals surface area contributed by atoms with Crippen LogP contribution < -0.4 is 39.4 Å². The molecule has 53 heavy (non-hydrogen) atoms. The van der Waals surface area contributed by atoms with Crippen LogP contribution in [0.4, 0.5) is 11.4 Å². The Hall–Kier alpha value is -3.81. The van der Waals surface area contributed by atoms with Crippen molar-refractivity contribution in [2.75, 3.05) is 36.0 Å². The van der Waals surface area contributed by atoms with Crippen LogP contribution in [-0.2, 0) is 33.3 Å². The first-order valence-electron chi connectivity index (χ1n) is 17.4. The molecule has 0 fully saturated rings. The van der Waals surface area contributed by atoms with E-state index in [1.54, 1.807) is 12.1 Å². The molecule has 0 radical (unpaired) electrons. The zero-order valence-electron chi connectivity index (χ0n) is 30.9. The van der Waals surface area contributed by atoms with Gasteiger partial charge in [-0.2, -0.15) is 8.42 Å². The molecule has 0 atom stereocenters. The zero-order valence-corrected chi connectivity index (χ0v) is 34.6. The number of anilines is 2. The van der Waals surface area contributed by atoms with Gasteiger partial charge in [0.2, 0.25) is 0 Å². The van der Waals surface area contributed by atoms with Crippen LogP contribution in [0, 0.1) is 0 Å². The van der Waals surface area contributed by atoms with Gasteiger partial charge in [0.15, 0.2) is 12.3 Å². The zero-order chi connectivity index (χ0) is 37.5. The standard InChI is InChI=1S/C41H45N3O6S2.Na/c1-5-42(6-2)36-21-15-33(16-22-36)41(34-17-23-37(24-18-34)43(7-3)29-31-11-9-13-39(27-31)51(45,46)47)35-19-25-38(26-20-35)44(8-4)30-32-12-10-14-40(28-32)52(48,49)50;/h9-28H,5-8,29-30H2,1-4H3,(H-,45,46,47,48,49,50);/q;+1. The molecule has 0 saturated carbocycles. The molecule has 0 amide bonds. The van der Waals surface area contributed by atoms with E-state index in [1.807, 2.05) is 26.0 Å². The number of hydrogen-bond acceptors (Lipinski definition) is 7. The van der Waals surface area contributed by atoms with Gasteiger partial charge in [0.25, 0.3) is 10.1 Å². The van der Waals surface area contributed by atoms with Gasteiger partial charge in [0.1, 0.15) is 16.7 Å². The molecule has 1 aliphatic rings. The van der Waals surface area contributed by atoms with E-state index in [-0.39, 0.29) is 39.3 Å². The first-order chi connectivity index (χ1) is 24.8. The molecule has 0 saturated heterocycles. The first kappa shape index (κ1) is 41.9. The Morgan fingerprint density at radius 3 is 1.64 bits per heavy atom. The molecule has 1 aliphatic carbocycles. The Bertz CT molecular complexity index is 2230. The molecule has 4 aromatic carbocycles. The van der Waals surface area contributed by atoms with Gasteiger partial charge in [-0.15, -0.1) is 0 Å². The summed E-state index contributed by atoms with van der Waals surface area (Å²) in [7, 11) is -8.84. The van der Waals surface area contributed by atoms with E-state index >= 15 is 0 Å². The maximum atomic E-state index is 11.7. The monoisotopic (exact) mass is 762 g/mol. The third-order valence-electron chi connectivity index (χ3n) is 9.22. The maximum absolute atomic E-state index is 11.7. The van der Waals surface area contributed by atoms with E-state index in [0.717, 1.165) is 63.6 Å². The van der Waals surface area contributed by atoms with E-state index in [9.17, 15) is 25.9 Å². The van der Waals surface area contributed by atoms with Crippen LogP contribution >= 0.6 is 0 Å². The molecule has 0 heterocycles. The molecule has 4 aromatic rings. The molecule has 0 unspecified atom stereocenters. The largest absolute Gasteiger partial charge is 1.00 e. The molecule has 0 bridgehead atoms. The molecule has 12 heteroatoms. The van der Waals surface area contributed by atoms with Crippen LogP contribution in [-0.4, -0.2) is 62.4 Å². The van der Waals surface area contributed by atoms with Gasteiger partial charge in [-0.3, -0.25) is 4.55 Å². The van der Waals surface area contributed by atoms with Gasteiger partial charge in [0.05, 0.1) is 9.79 Å². The molecular weight excluding hydrogens is 718 g/mol. The summed E-state index contributed by atoms with van der Waals surface area (Å²) in [6, 6.07) is 29.4. The number of benzene rings is 4. The fourth-order valence-corrected chi connectivity index (χ4v) is 7.51. The minimum atomic E-state index is -4.55. The summed E-state index contributed by atoms with van der Waals surface area (Å²) in [4.78, 5) is 4.07. The summed E-state index contributed by atoms with van der Waals surface area (Å²) >= 11 is 0. The minimum absolute atomic E-state index is 0. The van der Waals surface area contributed by atoms with Crippen LogP contribution in [0.15, 0.2) is 137 Å². The van der Waals surface area contributed by atoms with Crippen molar-refractivity contribution in [3.63, 3.8) is 0 Å². The van der Waals surface area contributed by atoms with E-state index in [2.05, 4.69) is 101 Å². The van der Waals surface area contributed by atoms with E-state index in [1.165, 1.54) is 24.3 Å². The van der Waals surface area contributed by atoms with Crippen LogP contribution in [0.25, 0.3) is 5.57 Å². The molecule has 272 valence electrons. The van der Waals surface area contributed by atoms with Crippen molar-refractivity contribution in [3.05, 3.63) is 149 Å². The first-order valence-corrected chi connectivity index (χ1v) is 20.2. The quantitative estimate of drug-likeness (QED) is 0.115. The Labute approximate surface area is 336 Å². The van der Waals surface area contributed by atoms with Crippen molar-refractivity contribution in [1.82, 2.24) is 0 Å². The summed E-state index contributed by atoms with van der Waals surface area (Å²) < 4.78 is 69.9. The fourth-order valence-electron chi connectivity index (χ4n) is 6.42. The maximum Gasteiger partial charge on any atom is 1.00 e. The third-order valence-corrected chi connectivity index (χ3v) is 10.9. The fraction of sp³-hybridized carbons (Fsp3) is 0.244. The molecule has 1 N–H and O–H groups in total. The molecule has 0 spiro atoms. The summed E-state index contributed by atoms with van der Waals surface area (Å²) in [5, 5.41) is 0. The van der Waals surface area contributed by atoms with Crippen LogP contribution in [0.5, 0.6) is 0 Å². The summed E-state index contributed by atoms with van der Waals surface area (Å²) in [6.07, 6.45) is 8.34. The Morgan fingerprint density at radius 1 is 0.660 bits per heavy atom. The van der Waals surface area contributed by atoms with Crippen LogP contribution in [0.3, 0.4) is 0 Å². The van der Waals surface area contributed by atoms with Gasteiger partial charge in [0, 0.05) is 55.3 Å². The van der Waals surface area contributed by atoms with Crippen molar-refractivity contribution >= 4 is 42.9 Å². The van der Waals surface area contributed by atoms with Gasteiger partial charge >= 0.3 is 29.6 Å². The predicted molar refractivity (Wildman–Crippen MR) is 208 cm³/mol. The molecule has 0 aliphatic heterocycles. The van der Waals surface area contributed by atoms with Crippen LogP contribution in [0.2, 0.25) is 0 Å². The molecule has 0 aromatic heterocycles. The second-order valence-electron chi connectivity index (χ2n) is 12.4. The number of nitrogens with zero attached hydrogens (tertiary/aromatic N) is 3. The van der Waals surface area contributed by atoms with Gasteiger partial charge in [-0.1, -0.05) is 48.5 Å². The second kappa shape index (κ2) is 18.5. The number of rotatable bonds is 14. The van der Waals surface area contributed by atoms with Crippen molar-refractivity contribution in [3.8, 4) is 0 Å². The minimum Gasteiger partial charge on any atom is -0.744 e. The smallest absolute Gasteiger partial charge is 0.744 e. The third kappa shape index (κ3) is 10.7. The van der Waals surface area contributed by atoms with Crippen molar-refractivity contribution in [2.45, 2.75) is 50.6 Å².